The maximum absolute atomic E-state index is 5.49. The predicted molar refractivity (Wildman–Crippen MR) is 58.5 cm³/mol. The molecule has 6 nitrogen and oxygen atoms in total. The van der Waals surface area contributed by atoms with Crippen molar-refractivity contribution in [1.82, 2.24) is 20.2 Å². The van der Waals surface area contributed by atoms with Gasteiger partial charge in [0.05, 0.1) is 12.8 Å². The summed E-state index contributed by atoms with van der Waals surface area (Å²) in [5.41, 5.74) is 6.36. The van der Waals surface area contributed by atoms with E-state index in [1.165, 1.54) is 0 Å². The highest BCUT2D eigenvalue weighted by Gasteiger charge is 2.07. The summed E-state index contributed by atoms with van der Waals surface area (Å²) in [6.07, 6.45) is 0.643. The summed E-state index contributed by atoms with van der Waals surface area (Å²) in [5, 5.41) is 11.5. The number of hydrogen-bond donors (Lipinski definition) is 1. The molecule has 2 N–H and O–H groups in total. The van der Waals surface area contributed by atoms with E-state index in [0.29, 0.717) is 13.0 Å². The van der Waals surface area contributed by atoms with Crippen molar-refractivity contribution in [2.75, 3.05) is 13.7 Å². The van der Waals surface area contributed by atoms with E-state index in [9.17, 15) is 0 Å². The Morgan fingerprint density at radius 2 is 2.31 bits per heavy atom. The van der Waals surface area contributed by atoms with Gasteiger partial charge in [0.15, 0.2) is 5.82 Å². The molecule has 0 aliphatic heterocycles. The summed E-state index contributed by atoms with van der Waals surface area (Å²) in [4.78, 5) is 0. The Labute approximate surface area is 93.0 Å². The summed E-state index contributed by atoms with van der Waals surface area (Å²) in [6, 6.07) is 7.55. The molecule has 0 atom stereocenters. The number of nitrogens with two attached hydrogens (primary N) is 1. The molecule has 0 radical (unpaired) electrons. The molecule has 6 heteroatoms. The Morgan fingerprint density at radius 1 is 1.44 bits per heavy atom. The minimum absolute atomic E-state index is 0.518. The number of hydrogen-bond acceptors (Lipinski definition) is 5. The van der Waals surface area contributed by atoms with Crippen LogP contribution in [0.3, 0.4) is 0 Å². The maximum Gasteiger partial charge on any atom is 0.157 e. The fourth-order valence-corrected chi connectivity index (χ4v) is 1.43. The lowest BCUT2D eigenvalue weighted by molar-refractivity contribution is 0.414. The van der Waals surface area contributed by atoms with Gasteiger partial charge >= 0.3 is 0 Å². The quantitative estimate of drug-likeness (QED) is 0.793. The molecular formula is C10H13N5O. The molecule has 16 heavy (non-hydrogen) atoms. The number of nitrogens with zero attached hydrogens (tertiary/aromatic N) is 4. The van der Waals surface area contributed by atoms with Crippen molar-refractivity contribution in [2.24, 2.45) is 5.73 Å². The zero-order valence-corrected chi connectivity index (χ0v) is 9.00. The molecule has 0 aliphatic carbocycles. The molecule has 0 amide bonds. The van der Waals surface area contributed by atoms with Gasteiger partial charge in [-0.1, -0.05) is 6.07 Å². The molecule has 0 aliphatic rings. The standard InChI is InChI=1S/C10H13N5O/c1-16-9-4-2-3-8(7-9)15-10(5-6-11)12-13-14-15/h2-4,7H,5-6,11H2,1H3. The van der Waals surface area contributed by atoms with Crippen LogP contribution in [0.2, 0.25) is 0 Å². The summed E-state index contributed by atoms with van der Waals surface area (Å²) >= 11 is 0. The first-order valence-corrected chi connectivity index (χ1v) is 4.97. The molecule has 0 saturated carbocycles. The molecule has 2 aromatic rings. The lowest BCUT2D eigenvalue weighted by Crippen LogP contribution is -2.09. The first-order valence-electron chi connectivity index (χ1n) is 4.97. The molecular weight excluding hydrogens is 206 g/mol. The maximum atomic E-state index is 5.49. The van der Waals surface area contributed by atoms with Gasteiger partial charge < -0.3 is 10.5 Å². The van der Waals surface area contributed by atoms with Crippen LogP contribution >= 0.6 is 0 Å². The van der Waals surface area contributed by atoms with E-state index in [1.54, 1.807) is 11.8 Å². The smallest absolute Gasteiger partial charge is 0.157 e. The molecule has 0 spiro atoms. The van der Waals surface area contributed by atoms with E-state index in [2.05, 4.69) is 15.5 Å². The third-order valence-corrected chi connectivity index (χ3v) is 2.20. The van der Waals surface area contributed by atoms with Gasteiger partial charge in [0, 0.05) is 12.5 Å². The predicted octanol–water partition coefficient (Wildman–Crippen LogP) is 0.172. The third kappa shape index (κ3) is 2.01. The summed E-state index contributed by atoms with van der Waals surface area (Å²) in [5.74, 6) is 1.52. The number of rotatable bonds is 4. The molecule has 1 heterocycles. The Balaban J connectivity index is 2.37. The van der Waals surface area contributed by atoms with Crippen molar-refractivity contribution in [3.05, 3.63) is 30.1 Å². The van der Waals surface area contributed by atoms with Crippen molar-refractivity contribution in [1.29, 1.82) is 0 Å². The molecule has 0 bridgehead atoms. The average molecular weight is 219 g/mol. The van der Waals surface area contributed by atoms with Crippen LogP contribution in [0.4, 0.5) is 0 Å². The second-order valence-corrected chi connectivity index (χ2v) is 3.25. The van der Waals surface area contributed by atoms with E-state index < -0.39 is 0 Å². The molecule has 1 aromatic carbocycles. The minimum atomic E-state index is 0.518. The van der Waals surface area contributed by atoms with Crippen LogP contribution in [0.25, 0.3) is 5.69 Å². The molecule has 0 fully saturated rings. The number of tetrazole rings is 1. The van der Waals surface area contributed by atoms with Crippen molar-refractivity contribution in [3.8, 4) is 11.4 Å². The fraction of sp³-hybridized carbons (Fsp3) is 0.300. The largest absolute Gasteiger partial charge is 0.497 e. The van der Waals surface area contributed by atoms with Crippen LogP contribution in [-0.2, 0) is 6.42 Å². The molecule has 84 valence electrons. The van der Waals surface area contributed by atoms with Crippen molar-refractivity contribution in [3.63, 3.8) is 0 Å². The summed E-state index contributed by atoms with van der Waals surface area (Å²) in [6.45, 7) is 0.518. The summed E-state index contributed by atoms with van der Waals surface area (Å²) in [7, 11) is 1.62. The number of aromatic nitrogens is 4. The molecule has 1 aromatic heterocycles. The summed E-state index contributed by atoms with van der Waals surface area (Å²) < 4.78 is 6.81. The van der Waals surface area contributed by atoms with Crippen LogP contribution in [0.1, 0.15) is 5.82 Å². The number of benzene rings is 1. The Hall–Kier alpha value is -1.95. The van der Waals surface area contributed by atoms with Gasteiger partial charge in [0.1, 0.15) is 5.75 Å². The van der Waals surface area contributed by atoms with E-state index in [-0.39, 0.29) is 0 Å². The first kappa shape index (κ1) is 10.6. The molecule has 2 rings (SSSR count). The van der Waals surface area contributed by atoms with E-state index in [0.717, 1.165) is 17.3 Å². The van der Waals surface area contributed by atoms with E-state index in [1.807, 2.05) is 24.3 Å². The van der Waals surface area contributed by atoms with E-state index in [4.69, 9.17) is 10.5 Å². The third-order valence-electron chi connectivity index (χ3n) is 2.20. The van der Waals surface area contributed by atoms with Crippen LogP contribution in [0.5, 0.6) is 5.75 Å². The van der Waals surface area contributed by atoms with Gasteiger partial charge in [0.2, 0.25) is 0 Å². The van der Waals surface area contributed by atoms with Crippen LogP contribution in [-0.4, -0.2) is 33.9 Å². The fourth-order valence-electron chi connectivity index (χ4n) is 1.43. The Bertz CT molecular complexity index is 468. The Kier molecular flexibility index (Phi) is 3.11. The van der Waals surface area contributed by atoms with Gasteiger partial charge in [-0.2, -0.15) is 4.68 Å². The van der Waals surface area contributed by atoms with E-state index >= 15 is 0 Å². The second-order valence-electron chi connectivity index (χ2n) is 3.25. The highest BCUT2D eigenvalue weighted by Crippen LogP contribution is 2.16. The van der Waals surface area contributed by atoms with Crippen LogP contribution < -0.4 is 10.5 Å². The SMILES string of the molecule is COc1cccc(-n2nnnc2CCN)c1. The highest BCUT2D eigenvalue weighted by molar-refractivity contribution is 5.38. The van der Waals surface area contributed by atoms with Crippen LogP contribution in [0, 0.1) is 0 Å². The zero-order chi connectivity index (χ0) is 11.4. The first-order chi connectivity index (χ1) is 7.85. The second kappa shape index (κ2) is 4.71. The topological polar surface area (TPSA) is 78.8 Å². The van der Waals surface area contributed by atoms with Crippen molar-refractivity contribution in [2.45, 2.75) is 6.42 Å². The zero-order valence-electron chi connectivity index (χ0n) is 9.00. The number of ether oxygens (including phenoxy) is 1. The Morgan fingerprint density at radius 3 is 3.06 bits per heavy atom. The highest BCUT2D eigenvalue weighted by atomic mass is 16.5. The van der Waals surface area contributed by atoms with Gasteiger partial charge in [-0.05, 0) is 29.1 Å². The van der Waals surface area contributed by atoms with Gasteiger partial charge in [0.25, 0.3) is 0 Å². The molecule has 0 unspecified atom stereocenters. The lowest BCUT2D eigenvalue weighted by Gasteiger charge is -2.05. The van der Waals surface area contributed by atoms with Crippen LogP contribution in [0.15, 0.2) is 24.3 Å². The van der Waals surface area contributed by atoms with Gasteiger partial charge in [-0.25, -0.2) is 0 Å². The minimum Gasteiger partial charge on any atom is -0.497 e. The normalized spacial score (nSPS) is 10.4. The average Bonchev–Trinajstić information content (AvgIpc) is 2.78. The van der Waals surface area contributed by atoms with Gasteiger partial charge in [-0.15, -0.1) is 5.10 Å². The monoisotopic (exact) mass is 219 g/mol. The lowest BCUT2D eigenvalue weighted by atomic mass is 10.3. The van der Waals surface area contributed by atoms with Gasteiger partial charge in [-0.3, -0.25) is 0 Å². The van der Waals surface area contributed by atoms with Crippen molar-refractivity contribution >= 4 is 0 Å². The van der Waals surface area contributed by atoms with Crippen molar-refractivity contribution < 1.29 is 4.74 Å². The molecule has 0 saturated heterocycles. The number of methoxy groups -OCH3 is 1.